The molecule has 0 aromatic carbocycles. The van der Waals surface area contributed by atoms with E-state index in [4.69, 9.17) is 4.74 Å². The molecule has 1 unspecified atom stereocenters. The minimum absolute atomic E-state index is 0.472. The summed E-state index contributed by atoms with van der Waals surface area (Å²) in [5.41, 5.74) is 0. The van der Waals surface area contributed by atoms with Gasteiger partial charge in [-0.1, -0.05) is 19.8 Å². The van der Waals surface area contributed by atoms with Gasteiger partial charge in [-0.05, 0) is 37.8 Å². The van der Waals surface area contributed by atoms with Crippen LogP contribution >= 0.6 is 0 Å². The molecular formula is C13H23NO. The fourth-order valence-corrected chi connectivity index (χ4v) is 2.88. The normalized spacial score (nSPS) is 33.3. The lowest BCUT2D eigenvalue weighted by Gasteiger charge is -2.32. The third-order valence-corrected chi connectivity index (χ3v) is 3.88. The first-order valence-corrected chi connectivity index (χ1v) is 6.31. The molecule has 0 amide bonds. The first-order valence-electron chi connectivity index (χ1n) is 6.31. The number of ether oxygens (including phenoxy) is 1. The Labute approximate surface area is 93.1 Å². The summed E-state index contributed by atoms with van der Waals surface area (Å²) in [6.07, 6.45) is 8.84. The van der Waals surface area contributed by atoms with Gasteiger partial charge in [0, 0.05) is 6.42 Å². The Bertz CT molecular complexity index is 229. The molecule has 2 aliphatic rings. The van der Waals surface area contributed by atoms with E-state index in [2.05, 4.69) is 25.4 Å². The van der Waals surface area contributed by atoms with Crippen LogP contribution in [0, 0.1) is 11.8 Å². The molecule has 1 saturated carbocycles. The largest absolute Gasteiger partial charge is 0.496 e. The van der Waals surface area contributed by atoms with Crippen LogP contribution in [0.5, 0.6) is 0 Å². The van der Waals surface area contributed by atoms with E-state index < -0.39 is 0 Å². The molecule has 1 heterocycles. The second-order valence-corrected chi connectivity index (χ2v) is 5.03. The van der Waals surface area contributed by atoms with Gasteiger partial charge in [0.1, 0.15) is 5.76 Å². The smallest absolute Gasteiger partial charge is 0.109 e. The molecule has 0 spiro atoms. The molecule has 1 aliphatic heterocycles. The average Bonchev–Trinajstić information content (AvgIpc) is 2.75. The van der Waals surface area contributed by atoms with E-state index in [1.807, 2.05) is 0 Å². The monoisotopic (exact) mass is 209 g/mol. The highest BCUT2D eigenvalue weighted by molar-refractivity contribution is 5.09. The Kier molecular flexibility index (Phi) is 3.68. The summed E-state index contributed by atoms with van der Waals surface area (Å²) in [6.45, 7) is 3.26. The molecule has 1 aliphatic carbocycles. The predicted octanol–water partition coefficient (Wildman–Crippen LogP) is 2.70. The summed E-state index contributed by atoms with van der Waals surface area (Å²) < 4.78 is 5.68. The van der Waals surface area contributed by atoms with E-state index in [-0.39, 0.29) is 0 Å². The standard InChI is InChI=1S/C13H23NO/c1-10-5-7-11(8-6-10)13(14-2)12-4-3-9-15-12/h4,10-11,13-14H,3,5-9H2,1-2H3. The van der Waals surface area contributed by atoms with Crippen LogP contribution < -0.4 is 5.32 Å². The zero-order chi connectivity index (χ0) is 10.7. The Balaban J connectivity index is 1.94. The van der Waals surface area contributed by atoms with E-state index in [0.717, 1.165) is 24.9 Å². The molecule has 0 radical (unpaired) electrons. The van der Waals surface area contributed by atoms with Crippen LogP contribution in [0.4, 0.5) is 0 Å². The molecule has 0 aromatic heterocycles. The van der Waals surface area contributed by atoms with E-state index in [0.29, 0.717) is 6.04 Å². The van der Waals surface area contributed by atoms with Crippen molar-refractivity contribution >= 4 is 0 Å². The average molecular weight is 209 g/mol. The van der Waals surface area contributed by atoms with Gasteiger partial charge < -0.3 is 10.1 Å². The quantitative estimate of drug-likeness (QED) is 0.771. The van der Waals surface area contributed by atoms with Gasteiger partial charge in [0.2, 0.25) is 0 Å². The van der Waals surface area contributed by atoms with Crippen molar-refractivity contribution in [2.45, 2.75) is 45.1 Å². The highest BCUT2D eigenvalue weighted by Gasteiger charge is 2.29. The molecule has 0 bridgehead atoms. The van der Waals surface area contributed by atoms with Crippen LogP contribution in [-0.2, 0) is 4.74 Å². The summed E-state index contributed by atoms with van der Waals surface area (Å²) in [4.78, 5) is 0. The van der Waals surface area contributed by atoms with Gasteiger partial charge in [-0.3, -0.25) is 0 Å². The Morgan fingerprint density at radius 2 is 2.07 bits per heavy atom. The number of nitrogens with one attached hydrogen (secondary N) is 1. The number of likely N-dealkylation sites (N-methyl/N-ethyl adjacent to an activating group) is 1. The highest BCUT2D eigenvalue weighted by Crippen LogP contribution is 2.33. The first-order chi connectivity index (χ1) is 7.31. The van der Waals surface area contributed by atoms with Crippen LogP contribution in [0.15, 0.2) is 11.8 Å². The van der Waals surface area contributed by atoms with Gasteiger partial charge in [0.15, 0.2) is 0 Å². The van der Waals surface area contributed by atoms with Crippen molar-refractivity contribution in [2.24, 2.45) is 11.8 Å². The van der Waals surface area contributed by atoms with Crippen LogP contribution in [0.25, 0.3) is 0 Å². The van der Waals surface area contributed by atoms with E-state index in [9.17, 15) is 0 Å². The molecule has 86 valence electrons. The molecule has 15 heavy (non-hydrogen) atoms. The van der Waals surface area contributed by atoms with E-state index in [1.54, 1.807) is 0 Å². The third-order valence-electron chi connectivity index (χ3n) is 3.88. The third kappa shape index (κ3) is 2.54. The topological polar surface area (TPSA) is 21.3 Å². The molecule has 1 atom stereocenters. The van der Waals surface area contributed by atoms with Crippen molar-refractivity contribution in [3.63, 3.8) is 0 Å². The second kappa shape index (κ2) is 5.02. The molecule has 0 saturated heterocycles. The Morgan fingerprint density at radius 3 is 2.60 bits per heavy atom. The van der Waals surface area contributed by atoms with Crippen molar-refractivity contribution in [2.75, 3.05) is 13.7 Å². The number of hydrogen-bond acceptors (Lipinski definition) is 2. The lowest BCUT2D eigenvalue weighted by molar-refractivity contribution is 0.169. The molecule has 2 heteroatoms. The van der Waals surface area contributed by atoms with Gasteiger partial charge in [0.25, 0.3) is 0 Å². The second-order valence-electron chi connectivity index (χ2n) is 5.03. The summed E-state index contributed by atoms with van der Waals surface area (Å²) in [7, 11) is 2.06. The van der Waals surface area contributed by atoms with Crippen LogP contribution in [0.2, 0.25) is 0 Å². The van der Waals surface area contributed by atoms with Gasteiger partial charge in [-0.25, -0.2) is 0 Å². The van der Waals surface area contributed by atoms with Gasteiger partial charge in [-0.15, -0.1) is 0 Å². The minimum atomic E-state index is 0.472. The lowest BCUT2D eigenvalue weighted by atomic mass is 9.78. The van der Waals surface area contributed by atoms with Crippen LogP contribution in [0.1, 0.15) is 39.0 Å². The van der Waals surface area contributed by atoms with E-state index >= 15 is 0 Å². The molecule has 1 N–H and O–H groups in total. The van der Waals surface area contributed by atoms with Crippen LogP contribution in [0.3, 0.4) is 0 Å². The zero-order valence-electron chi connectivity index (χ0n) is 9.96. The maximum absolute atomic E-state index is 5.68. The lowest BCUT2D eigenvalue weighted by Crippen LogP contribution is -2.37. The SMILES string of the molecule is CNC(C1=CCCO1)C1CCC(C)CC1. The van der Waals surface area contributed by atoms with Crippen molar-refractivity contribution in [3.8, 4) is 0 Å². The molecule has 1 fully saturated rings. The molecule has 2 nitrogen and oxygen atoms in total. The fourth-order valence-electron chi connectivity index (χ4n) is 2.88. The Hall–Kier alpha value is -0.500. The van der Waals surface area contributed by atoms with Gasteiger partial charge >= 0.3 is 0 Å². The zero-order valence-corrected chi connectivity index (χ0v) is 9.96. The molecule has 2 rings (SSSR count). The summed E-state index contributed by atoms with van der Waals surface area (Å²) >= 11 is 0. The van der Waals surface area contributed by atoms with Crippen molar-refractivity contribution in [1.82, 2.24) is 5.32 Å². The minimum Gasteiger partial charge on any atom is -0.496 e. The van der Waals surface area contributed by atoms with Crippen molar-refractivity contribution < 1.29 is 4.74 Å². The maximum Gasteiger partial charge on any atom is 0.109 e. The fraction of sp³-hybridized carbons (Fsp3) is 0.846. The summed E-state index contributed by atoms with van der Waals surface area (Å²) in [6, 6.07) is 0.472. The van der Waals surface area contributed by atoms with Gasteiger partial charge in [0.05, 0.1) is 12.6 Å². The molecule has 0 aromatic rings. The van der Waals surface area contributed by atoms with Crippen molar-refractivity contribution in [1.29, 1.82) is 0 Å². The maximum atomic E-state index is 5.68. The first kappa shape index (κ1) is 11.0. The predicted molar refractivity (Wildman–Crippen MR) is 62.6 cm³/mol. The molecular weight excluding hydrogens is 186 g/mol. The van der Waals surface area contributed by atoms with E-state index in [1.165, 1.54) is 31.4 Å². The summed E-state index contributed by atoms with van der Waals surface area (Å²) in [5.74, 6) is 2.92. The number of hydrogen-bond donors (Lipinski definition) is 1. The van der Waals surface area contributed by atoms with Gasteiger partial charge in [-0.2, -0.15) is 0 Å². The van der Waals surface area contributed by atoms with Crippen LogP contribution in [-0.4, -0.2) is 19.7 Å². The van der Waals surface area contributed by atoms with Crippen molar-refractivity contribution in [3.05, 3.63) is 11.8 Å². The highest BCUT2D eigenvalue weighted by atomic mass is 16.5. The number of rotatable bonds is 3. The Morgan fingerprint density at radius 1 is 1.33 bits per heavy atom. The summed E-state index contributed by atoms with van der Waals surface area (Å²) in [5, 5.41) is 3.44.